The second-order valence-corrected chi connectivity index (χ2v) is 5.92. The average Bonchev–Trinajstić information content (AvgIpc) is 3.19. The molecule has 110 valence electrons. The molecular weight excluding hydrogens is 252 g/mol. The molecule has 1 saturated carbocycles. The molecule has 0 amide bonds. The van der Waals surface area contributed by atoms with Gasteiger partial charge in [-0.1, -0.05) is 6.92 Å². The zero-order chi connectivity index (χ0) is 13.9. The second kappa shape index (κ2) is 5.81. The Morgan fingerprint density at radius 2 is 1.85 bits per heavy atom. The number of hydrogen-bond acceptors (Lipinski definition) is 6. The third-order valence-corrected chi connectivity index (χ3v) is 4.25. The van der Waals surface area contributed by atoms with E-state index in [-0.39, 0.29) is 0 Å². The molecule has 1 aliphatic carbocycles. The summed E-state index contributed by atoms with van der Waals surface area (Å²) in [7, 11) is 1.85. The molecule has 20 heavy (non-hydrogen) atoms. The molecule has 2 N–H and O–H groups in total. The van der Waals surface area contributed by atoms with Gasteiger partial charge in [0.15, 0.2) is 0 Å². The van der Waals surface area contributed by atoms with Crippen molar-refractivity contribution in [3.05, 3.63) is 0 Å². The van der Waals surface area contributed by atoms with Gasteiger partial charge in [-0.15, -0.1) is 0 Å². The van der Waals surface area contributed by atoms with Crippen LogP contribution in [0.15, 0.2) is 0 Å². The van der Waals surface area contributed by atoms with E-state index in [9.17, 15) is 0 Å². The largest absolute Gasteiger partial charge is 0.357 e. The van der Waals surface area contributed by atoms with Gasteiger partial charge in [-0.05, 0) is 37.5 Å². The van der Waals surface area contributed by atoms with Crippen LogP contribution in [0.5, 0.6) is 0 Å². The molecule has 1 saturated heterocycles. The van der Waals surface area contributed by atoms with Gasteiger partial charge in [-0.2, -0.15) is 15.0 Å². The number of rotatable bonds is 6. The molecule has 1 aliphatic heterocycles. The van der Waals surface area contributed by atoms with Gasteiger partial charge in [0, 0.05) is 26.7 Å². The van der Waals surface area contributed by atoms with Gasteiger partial charge in [0.2, 0.25) is 17.8 Å². The molecule has 2 fully saturated rings. The fourth-order valence-electron chi connectivity index (χ4n) is 2.70. The number of nitrogens with zero attached hydrogens (tertiary/aromatic N) is 4. The van der Waals surface area contributed by atoms with Gasteiger partial charge < -0.3 is 15.5 Å². The lowest BCUT2D eigenvalue weighted by atomic mass is 10.1. The summed E-state index contributed by atoms with van der Waals surface area (Å²) < 4.78 is 0. The Labute approximate surface area is 120 Å². The summed E-state index contributed by atoms with van der Waals surface area (Å²) >= 11 is 0. The van der Waals surface area contributed by atoms with E-state index in [2.05, 4.69) is 37.4 Å². The highest BCUT2D eigenvalue weighted by Gasteiger charge is 2.27. The number of aromatic nitrogens is 3. The molecule has 1 aromatic heterocycles. The van der Waals surface area contributed by atoms with Crippen LogP contribution in [0.1, 0.15) is 32.6 Å². The van der Waals surface area contributed by atoms with Gasteiger partial charge in [-0.25, -0.2) is 0 Å². The Balaban J connectivity index is 1.69. The van der Waals surface area contributed by atoms with Crippen LogP contribution < -0.4 is 15.5 Å². The molecule has 6 nitrogen and oxygen atoms in total. The minimum Gasteiger partial charge on any atom is -0.357 e. The summed E-state index contributed by atoms with van der Waals surface area (Å²) in [6, 6.07) is 0. The standard InChI is InChI=1S/C14H24N6/c1-10(11-5-6-11)9-16-13-17-12(15-2)18-14(19-13)20-7-3-4-8-20/h10-11H,3-9H2,1-2H3,(H2,15,16,17,18,19). The molecule has 1 atom stereocenters. The van der Waals surface area contributed by atoms with Crippen LogP contribution in [0.4, 0.5) is 17.8 Å². The van der Waals surface area contributed by atoms with Crippen molar-refractivity contribution >= 4 is 17.8 Å². The van der Waals surface area contributed by atoms with Crippen LogP contribution in [-0.2, 0) is 0 Å². The Morgan fingerprint density at radius 1 is 1.15 bits per heavy atom. The van der Waals surface area contributed by atoms with Crippen molar-refractivity contribution in [2.45, 2.75) is 32.6 Å². The fraction of sp³-hybridized carbons (Fsp3) is 0.786. The van der Waals surface area contributed by atoms with Crippen molar-refractivity contribution in [2.75, 3.05) is 42.2 Å². The van der Waals surface area contributed by atoms with Crippen molar-refractivity contribution in [3.8, 4) is 0 Å². The lowest BCUT2D eigenvalue weighted by molar-refractivity contribution is 0.535. The third kappa shape index (κ3) is 3.11. The topological polar surface area (TPSA) is 66.0 Å². The minimum absolute atomic E-state index is 0.642. The Bertz CT molecular complexity index is 453. The summed E-state index contributed by atoms with van der Waals surface area (Å²) in [6.07, 6.45) is 5.20. The highest BCUT2D eigenvalue weighted by Crippen LogP contribution is 2.36. The van der Waals surface area contributed by atoms with Crippen LogP contribution >= 0.6 is 0 Å². The molecule has 1 aromatic rings. The summed E-state index contributed by atoms with van der Waals surface area (Å²) in [5.74, 6) is 3.72. The maximum Gasteiger partial charge on any atom is 0.231 e. The lowest BCUT2D eigenvalue weighted by Crippen LogP contribution is -2.23. The van der Waals surface area contributed by atoms with Gasteiger partial charge in [0.25, 0.3) is 0 Å². The maximum absolute atomic E-state index is 4.57. The van der Waals surface area contributed by atoms with Gasteiger partial charge >= 0.3 is 0 Å². The van der Waals surface area contributed by atoms with E-state index >= 15 is 0 Å². The van der Waals surface area contributed by atoms with Crippen LogP contribution in [-0.4, -0.2) is 41.6 Å². The first-order valence-corrected chi connectivity index (χ1v) is 7.69. The SMILES string of the molecule is CNc1nc(NCC(C)C2CC2)nc(N2CCCC2)n1. The average molecular weight is 276 g/mol. The van der Waals surface area contributed by atoms with E-state index in [1.807, 2.05) is 7.05 Å². The van der Waals surface area contributed by atoms with E-state index in [1.165, 1.54) is 25.7 Å². The number of nitrogens with one attached hydrogen (secondary N) is 2. The Kier molecular flexibility index (Phi) is 3.89. The van der Waals surface area contributed by atoms with E-state index in [4.69, 9.17) is 0 Å². The van der Waals surface area contributed by atoms with Gasteiger partial charge in [0.1, 0.15) is 0 Å². The minimum atomic E-state index is 0.642. The number of anilines is 3. The normalized spacial score (nSPS) is 20.0. The molecule has 0 aromatic carbocycles. The zero-order valence-electron chi connectivity index (χ0n) is 12.4. The highest BCUT2D eigenvalue weighted by molar-refractivity contribution is 5.44. The van der Waals surface area contributed by atoms with Crippen molar-refractivity contribution in [2.24, 2.45) is 11.8 Å². The van der Waals surface area contributed by atoms with E-state index < -0.39 is 0 Å². The Hall–Kier alpha value is -1.59. The van der Waals surface area contributed by atoms with E-state index in [1.54, 1.807) is 0 Å². The van der Waals surface area contributed by atoms with E-state index in [0.29, 0.717) is 17.8 Å². The molecule has 1 unspecified atom stereocenters. The lowest BCUT2D eigenvalue weighted by Gasteiger charge is -2.17. The number of hydrogen-bond donors (Lipinski definition) is 2. The first-order valence-electron chi connectivity index (χ1n) is 7.69. The predicted octanol–water partition coefficient (Wildman–Crippen LogP) is 1.97. The van der Waals surface area contributed by atoms with Crippen molar-refractivity contribution in [3.63, 3.8) is 0 Å². The van der Waals surface area contributed by atoms with Crippen LogP contribution in [0.2, 0.25) is 0 Å². The summed E-state index contributed by atoms with van der Waals surface area (Å²) in [4.78, 5) is 15.7. The molecule has 0 spiro atoms. The van der Waals surface area contributed by atoms with Crippen molar-refractivity contribution < 1.29 is 0 Å². The summed E-state index contributed by atoms with van der Waals surface area (Å²) in [6.45, 7) is 5.33. The maximum atomic E-state index is 4.57. The molecule has 2 aliphatic rings. The van der Waals surface area contributed by atoms with Crippen LogP contribution in [0.3, 0.4) is 0 Å². The Morgan fingerprint density at radius 3 is 2.50 bits per heavy atom. The quantitative estimate of drug-likeness (QED) is 0.828. The molecule has 2 heterocycles. The van der Waals surface area contributed by atoms with Crippen molar-refractivity contribution in [1.29, 1.82) is 0 Å². The van der Waals surface area contributed by atoms with Crippen LogP contribution in [0, 0.1) is 11.8 Å². The second-order valence-electron chi connectivity index (χ2n) is 5.92. The summed E-state index contributed by atoms with van der Waals surface area (Å²) in [5, 5.41) is 6.40. The molecule has 6 heteroatoms. The third-order valence-electron chi connectivity index (χ3n) is 4.25. The van der Waals surface area contributed by atoms with Gasteiger partial charge in [-0.3, -0.25) is 0 Å². The summed E-state index contributed by atoms with van der Waals surface area (Å²) in [5.41, 5.74) is 0. The van der Waals surface area contributed by atoms with Crippen molar-refractivity contribution in [1.82, 2.24) is 15.0 Å². The van der Waals surface area contributed by atoms with Crippen LogP contribution in [0.25, 0.3) is 0 Å². The monoisotopic (exact) mass is 276 g/mol. The van der Waals surface area contributed by atoms with E-state index in [0.717, 1.165) is 31.5 Å². The predicted molar refractivity (Wildman–Crippen MR) is 81.2 cm³/mol. The molecule has 0 bridgehead atoms. The molecule has 3 rings (SSSR count). The van der Waals surface area contributed by atoms with Gasteiger partial charge in [0.05, 0.1) is 0 Å². The first-order chi connectivity index (χ1) is 9.76. The zero-order valence-corrected chi connectivity index (χ0v) is 12.4. The smallest absolute Gasteiger partial charge is 0.231 e. The molecular formula is C14H24N6. The fourth-order valence-corrected chi connectivity index (χ4v) is 2.70. The molecule has 0 radical (unpaired) electrons. The first kappa shape index (κ1) is 13.4. The highest BCUT2D eigenvalue weighted by atomic mass is 15.3.